The Kier molecular flexibility index (Phi) is 2.56. The molecule has 1 saturated heterocycles. The fraction of sp³-hybridized carbons (Fsp3) is 0.455. The van der Waals surface area contributed by atoms with Gasteiger partial charge in [-0.3, -0.25) is 4.40 Å². The number of fused-ring (bicyclic) bond motifs is 1. The van der Waals surface area contributed by atoms with Crippen molar-refractivity contribution in [2.75, 3.05) is 25.1 Å². The first-order valence-electron chi connectivity index (χ1n) is 5.69. The van der Waals surface area contributed by atoms with Crippen LogP contribution in [0.1, 0.15) is 6.92 Å². The number of hydrogen-bond donors (Lipinski definition) is 1. The lowest BCUT2D eigenvalue weighted by molar-refractivity contribution is -0.0808. The van der Waals surface area contributed by atoms with Crippen molar-refractivity contribution in [1.29, 1.82) is 0 Å². The van der Waals surface area contributed by atoms with Gasteiger partial charge in [0, 0.05) is 18.9 Å². The molecule has 0 spiro atoms. The highest BCUT2D eigenvalue weighted by Crippen LogP contribution is 2.21. The Hall–Kier alpha value is -1.82. The van der Waals surface area contributed by atoms with Crippen molar-refractivity contribution in [3.8, 4) is 5.88 Å². The normalized spacial score (nSPS) is 15.8. The van der Waals surface area contributed by atoms with Gasteiger partial charge in [0.1, 0.15) is 11.9 Å². The zero-order valence-corrected chi connectivity index (χ0v) is 9.59. The summed E-state index contributed by atoms with van der Waals surface area (Å²) in [5, 5.41) is 3.17. The average molecular weight is 234 g/mol. The molecule has 0 aliphatic carbocycles. The molecule has 1 N–H and O–H groups in total. The molecule has 2 aromatic rings. The van der Waals surface area contributed by atoms with E-state index in [-0.39, 0.29) is 6.10 Å². The maximum atomic E-state index is 5.75. The maximum Gasteiger partial charge on any atom is 0.260 e. The van der Waals surface area contributed by atoms with E-state index in [1.165, 1.54) is 0 Å². The van der Waals surface area contributed by atoms with E-state index in [0.29, 0.717) is 19.1 Å². The van der Waals surface area contributed by atoms with E-state index in [4.69, 9.17) is 9.47 Å². The summed E-state index contributed by atoms with van der Waals surface area (Å²) >= 11 is 0. The fourth-order valence-electron chi connectivity index (χ4n) is 1.69. The van der Waals surface area contributed by atoms with Gasteiger partial charge in [-0.1, -0.05) is 0 Å². The van der Waals surface area contributed by atoms with Crippen molar-refractivity contribution >= 4 is 11.5 Å². The van der Waals surface area contributed by atoms with Crippen molar-refractivity contribution < 1.29 is 9.47 Å². The Morgan fingerprint density at radius 3 is 3.18 bits per heavy atom. The first-order valence-corrected chi connectivity index (χ1v) is 5.69. The number of anilines is 1. The van der Waals surface area contributed by atoms with Gasteiger partial charge in [0.05, 0.1) is 19.4 Å². The fourth-order valence-corrected chi connectivity index (χ4v) is 1.69. The van der Waals surface area contributed by atoms with Crippen molar-refractivity contribution in [2.24, 2.45) is 0 Å². The molecule has 0 amide bonds. The van der Waals surface area contributed by atoms with Crippen LogP contribution in [0.15, 0.2) is 18.6 Å². The van der Waals surface area contributed by atoms with E-state index in [0.717, 1.165) is 18.0 Å². The molecular formula is C11H14N4O2. The largest absolute Gasteiger partial charge is 0.467 e. The number of rotatable bonds is 4. The zero-order chi connectivity index (χ0) is 11.7. The molecule has 90 valence electrons. The zero-order valence-electron chi connectivity index (χ0n) is 9.59. The van der Waals surface area contributed by atoms with Crippen molar-refractivity contribution in [1.82, 2.24) is 14.4 Å². The number of nitrogens with zero attached hydrogens (tertiary/aromatic N) is 3. The van der Waals surface area contributed by atoms with Crippen LogP contribution in [-0.4, -0.2) is 40.2 Å². The molecule has 0 saturated carbocycles. The lowest BCUT2D eigenvalue weighted by atomic mass is 10.3. The minimum atomic E-state index is 0.0971. The summed E-state index contributed by atoms with van der Waals surface area (Å²) in [5.74, 6) is 1.34. The van der Waals surface area contributed by atoms with Crippen molar-refractivity contribution in [3.05, 3.63) is 18.6 Å². The van der Waals surface area contributed by atoms with E-state index < -0.39 is 0 Å². The number of aromatic nitrogens is 3. The molecular weight excluding hydrogens is 220 g/mol. The van der Waals surface area contributed by atoms with Crippen LogP contribution in [0.3, 0.4) is 0 Å². The summed E-state index contributed by atoms with van der Waals surface area (Å²) in [7, 11) is 0. The van der Waals surface area contributed by atoms with Gasteiger partial charge in [0.15, 0.2) is 0 Å². The van der Waals surface area contributed by atoms with Gasteiger partial charge in [-0.25, -0.2) is 4.98 Å². The highest BCUT2D eigenvalue weighted by Gasteiger charge is 2.22. The molecule has 3 heterocycles. The van der Waals surface area contributed by atoms with Crippen LogP contribution in [0.4, 0.5) is 5.82 Å². The molecule has 2 aromatic heterocycles. The second-order valence-electron chi connectivity index (χ2n) is 3.90. The van der Waals surface area contributed by atoms with E-state index in [1.54, 1.807) is 6.20 Å². The second kappa shape index (κ2) is 4.21. The third-order valence-electron chi connectivity index (χ3n) is 2.59. The van der Waals surface area contributed by atoms with Gasteiger partial charge in [-0.05, 0) is 6.92 Å². The van der Waals surface area contributed by atoms with Crippen LogP contribution in [0.5, 0.6) is 5.88 Å². The quantitative estimate of drug-likeness (QED) is 0.853. The maximum absolute atomic E-state index is 5.75. The molecule has 6 heteroatoms. The molecule has 6 nitrogen and oxygen atoms in total. The van der Waals surface area contributed by atoms with Crippen molar-refractivity contribution in [2.45, 2.75) is 13.0 Å². The molecule has 0 bridgehead atoms. The molecule has 0 atom stereocenters. The molecule has 0 aromatic carbocycles. The first kappa shape index (κ1) is 10.3. The molecule has 0 radical (unpaired) electrons. The Morgan fingerprint density at radius 2 is 2.47 bits per heavy atom. The van der Waals surface area contributed by atoms with Crippen LogP contribution in [-0.2, 0) is 4.74 Å². The Morgan fingerprint density at radius 1 is 1.59 bits per heavy atom. The SMILES string of the molecule is CCNc1cn2ccnc2c(OC2COC2)n1. The molecule has 3 rings (SSSR count). The lowest BCUT2D eigenvalue weighted by Crippen LogP contribution is -2.38. The number of nitrogens with one attached hydrogen (secondary N) is 1. The molecule has 1 aliphatic heterocycles. The summed E-state index contributed by atoms with van der Waals surface area (Å²) in [5.41, 5.74) is 0.735. The topological polar surface area (TPSA) is 60.7 Å². The number of hydrogen-bond acceptors (Lipinski definition) is 5. The first-order chi connectivity index (χ1) is 8.36. The Bertz CT molecular complexity index is 521. The second-order valence-corrected chi connectivity index (χ2v) is 3.90. The minimum absolute atomic E-state index is 0.0971. The van der Waals surface area contributed by atoms with Gasteiger partial charge in [-0.2, -0.15) is 4.98 Å². The van der Waals surface area contributed by atoms with Crippen LogP contribution in [0, 0.1) is 0 Å². The van der Waals surface area contributed by atoms with E-state index >= 15 is 0 Å². The smallest absolute Gasteiger partial charge is 0.260 e. The minimum Gasteiger partial charge on any atom is -0.467 e. The predicted octanol–water partition coefficient (Wildman–Crippen LogP) is 0.939. The van der Waals surface area contributed by atoms with Gasteiger partial charge >= 0.3 is 0 Å². The van der Waals surface area contributed by atoms with Crippen molar-refractivity contribution in [3.63, 3.8) is 0 Å². The third-order valence-corrected chi connectivity index (χ3v) is 2.59. The summed E-state index contributed by atoms with van der Waals surface area (Å²) < 4.78 is 12.7. The van der Waals surface area contributed by atoms with Gasteiger partial charge in [-0.15, -0.1) is 0 Å². The van der Waals surface area contributed by atoms with Crippen LogP contribution in [0.25, 0.3) is 5.65 Å². The monoisotopic (exact) mass is 234 g/mol. The summed E-state index contributed by atoms with van der Waals surface area (Å²) in [6.07, 6.45) is 5.61. The number of imidazole rings is 1. The Labute approximate surface area is 98.6 Å². The van der Waals surface area contributed by atoms with E-state index in [1.807, 2.05) is 23.7 Å². The molecule has 1 aliphatic rings. The molecule has 0 unspecified atom stereocenters. The van der Waals surface area contributed by atoms with E-state index in [2.05, 4.69) is 15.3 Å². The average Bonchev–Trinajstić information content (AvgIpc) is 2.71. The van der Waals surface area contributed by atoms with Crippen LogP contribution in [0.2, 0.25) is 0 Å². The van der Waals surface area contributed by atoms with Gasteiger partial charge in [0.2, 0.25) is 5.65 Å². The standard InChI is InChI=1S/C11H14N4O2/c1-2-12-9-5-15-4-3-13-10(15)11(14-9)17-8-6-16-7-8/h3-5,8,12H,2,6-7H2,1H3. The summed E-state index contributed by atoms with van der Waals surface area (Å²) in [4.78, 5) is 8.65. The highest BCUT2D eigenvalue weighted by atomic mass is 16.6. The van der Waals surface area contributed by atoms with Crippen LogP contribution >= 0.6 is 0 Å². The Balaban J connectivity index is 1.96. The highest BCUT2D eigenvalue weighted by molar-refractivity contribution is 5.53. The summed E-state index contributed by atoms with van der Waals surface area (Å²) in [6.45, 7) is 4.10. The predicted molar refractivity (Wildman–Crippen MR) is 62.4 cm³/mol. The lowest BCUT2D eigenvalue weighted by Gasteiger charge is -2.26. The third kappa shape index (κ3) is 1.91. The summed E-state index contributed by atoms with van der Waals surface area (Å²) in [6, 6.07) is 0. The van der Waals surface area contributed by atoms with E-state index in [9.17, 15) is 0 Å². The number of ether oxygens (including phenoxy) is 2. The molecule has 1 fully saturated rings. The van der Waals surface area contributed by atoms with Gasteiger partial charge in [0.25, 0.3) is 5.88 Å². The van der Waals surface area contributed by atoms with Gasteiger partial charge < -0.3 is 14.8 Å². The van der Waals surface area contributed by atoms with Crippen LogP contribution < -0.4 is 10.1 Å². The molecule has 17 heavy (non-hydrogen) atoms.